The van der Waals surface area contributed by atoms with E-state index >= 15 is 0 Å². The quantitative estimate of drug-likeness (QED) is 0.278. The number of nitrogens with one attached hydrogen (secondary N) is 2. The number of aromatic nitrogens is 4. The molecule has 0 saturated heterocycles. The lowest BCUT2D eigenvalue weighted by molar-refractivity contribution is -0.635. The van der Waals surface area contributed by atoms with Gasteiger partial charge in [0, 0.05) is 23.6 Å². The number of hydrogen-bond acceptors (Lipinski definition) is 6. The standard InChI is InChI=1S/C24H17N5OS2/c1-15-29(28-24(31)32-15)23(30)17-11-13-18(14-12-17)25-22-19-9-5-6-10-20(19)26-21(27-22)16-7-3-2-4-8-16/h2-14H,1H3,(H-,25,26,27,28,30,31)/p+1. The number of benzene rings is 3. The second kappa shape index (κ2) is 8.41. The van der Waals surface area contributed by atoms with Crippen LogP contribution in [0.3, 0.4) is 0 Å². The van der Waals surface area contributed by atoms with Crippen molar-refractivity contribution in [2.24, 2.45) is 0 Å². The summed E-state index contributed by atoms with van der Waals surface area (Å²) >= 11 is 6.51. The van der Waals surface area contributed by atoms with Gasteiger partial charge >= 0.3 is 5.91 Å². The molecule has 8 heteroatoms. The number of para-hydroxylation sites is 1. The van der Waals surface area contributed by atoms with Crippen molar-refractivity contribution in [2.75, 3.05) is 5.32 Å². The number of hydrogen-bond donors (Lipinski definition) is 2. The average molecular weight is 457 g/mol. The molecule has 2 heterocycles. The van der Waals surface area contributed by atoms with Gasteiger partial charge in [-0.2, -0.15) is 0 Å². The van der Waals surface area contributed by atoms with Crippen molar-refractivity contribution < 1.29 is 9.48 Å². The Morgan fingerprint density at radius 1 is 0.969 bits per heavy atom. The lowest BCUT2D eigenvalue weighted by Gasteiger charge is -2.11. The Balaban J connectivity index is 1.48. The number of H-pyrrole nitrogens is 1. The van der Waals surface area contributed by atoms with Gasteiger partial charge in [-0.15, -0.1) is 5.10 Å². The summed E-state index contributed by atoms with van der Waals surface area (Å²) in [4.78, 5) is 22.3. The van der Waals surface area contributed by atoms with Gasteiger partial charge in [-0.3, -0.25) is 0 Å². The van der Waals surface area contributed by atoms with Crippen molar-refractivity contribution in [3.05, 3.63) is 93.4 Å². The average Bonchev–Trinajstić information content (AvgIpc) is 3.17. The summed E-state index contributed by atoms with van der Waals surface area (Å²) < 4.78 is 2.04. The molecule has 0 aliphatic carbocycles. The molecule has 156 valence electrons. The van der Waals surface area contributed by atoms with E-state index < -0.39 is 0 Å². The molecule has 0 radical (unpaired) electrons. The highest BCUT2D eigenvalue weighted by Crippen LogP contribution is 2.27. The van der Waals surface area contributed by atoms with Crippen molar-refractivity contribution in [1.29, 1.82) is 0 Å². The van der Waals surface area contributed by atoms with E-state index in [-0.39, 0.29) is 5.91 Å². The highest BCUT2D eigenvalue weighted by atomic mass is 32.1. The molecule has 0 atom stereocenters. The molecule has 0 unspecified atom stereocenters. The third kappa shape index (κ3) is 3.93. The lowest BCUT2D eigenvalue weighted by atomic mass is 10.1. The Morgan fingerprint density at radius 3 is 2.41 bits per heavy atom. The summed E-state index contributed by atoms with van der Waals surface area (Å²) in [5, 5.41) is 8.02. The van der Waals surface area contributed by atoms with Crippen molar-refractivity contribution in [1.82, 2.24) is 15.1 Å². The third-order valence-corrected chi connectivity index (χ3v) is 6.09. The molecule has 0 bridgehead atoms. The second-order valence-corrected chi connectivity index (χ2v) is 9.01. The minimum Gasteiger partial charge on any atom is -0.340 e. The van der Waals surface area contributed by atoms with Crippen LogP contribution in [0.2, 0.25) is 0 Å². The lowest BCUT2D eigenvalue weighted by Crippen LogP contribution is -2.46. The molecule has 3 aromatic carbocycles. The Kier molecular flexibility index (Phi) is 5.30. The minimum absolute atomic E-state index is 0.153. The number of aryl methyl sites for hydroxylation is 1. The number of fused-ring (bicyclic) bond motifs is 1. The number of carbonyl (C=O) groups is 1. The fourth-order valence-corrected chi connectivity index (χ4v) is 4.49. The molecule has 5 aromatic rings. The summed E-state index contributed by atoms with van der Waals surface area (Å²) in [7, 11) is 0. The maximum absolute atomic E-state index is 12.8. The van der Waals surface area contributed by atoms with E-state index in [0.717, 1.165) is 27.2 Å². The van der Waals surface area contributed by atoms with Gasteiger partial charge < -0.3 is 5.32 Å². The van der Waals surface area contributed by atoms with E-state index in [1.807, 2.05) is 73.7 Å². The number of nitrogens with zero attached hydrogens (tertiary/aromatic N) is 3. The smallest absolute Gasteiger partial charge is 0.340 e. The van der Waals surface area contributed by atoms with Gasteiger partial charge in [0.2, 0.25) is 3.95 Å². The molecular formula is C24H18N5OS2+. The van der Waals surface area contributed by atoms with Gasteiger partial charge in [0.05, 0.1) is 11.1 Å². The zero-order chi connectivity index (χ0) is 22.1. The number of anilines is 2. The van der Waals surface area contributed by atoms with Gasteiger partial charge in [-0.05, 0) is 64.6 Å². The summed E-state index contributed by atoms with van der Waals surface area (Å²) in [6.45, 7) is 1.86. The van der Waals surface area contributed by atoms with Crippen molar-refractivity contribution in [2.45, 2.75) is 6.92 Å². The van der Waals surface area contributed by atoms with Gasteiger partial charge in [-0.25, -0.2) is 14.8 Å². The molecule has 0 aliphatic heterocycles. The van der Waals surface area contributed by atoms with Crippen molar-refractivity contribution >= 4 is 51.9 Å². The third-order valence-electron chi connectivity index (χ3n) is 4.99. The molecule has 0 saturated carbocycles. The van der Waals surface area contributed by atoms with Gasteiger partial charge in [0.1, 0.15) is 5.82 Å². The van der Waals surface area contributed by atoms with Crippen LogP contribution in [-0.4, -0.2) is 21.0 Å². The molecular weight excluding hydrogens is 438 g/mol. The fraction of sp³-hybridized carbons (Fsp3) is 0.0417. The number of carbonyl (C=O) groups excluding carboxylic acids is 1. The van der Waals surface area contributed by atoms with Gasteiger partial charge in [0.15, 0.2) is 5.82 Å². The van der Waals surface area contributed by atoms with E-state index in [0.29, 0.717) is 21.2 Å². The predicted octanol–water partition coefficient (Wildman–Crippen LogP) is 5.44. The molecule has 5 rings (SSSR count). The first-order valence-corrected chi connectivity index (χ1v) is 11.2. The minimum atomic E-state index is -0.153. The molecule has 0 amide bonds. The van der Waals surface area contributed by atoms with E-state index in [1.54, 1.807) is 12.1 Å². The molecule has 32 heavy (non-hydrogen) atoms. The first-order chi connectivity index (χ1) is 15.6. The zero-order valence-corrected chi connectivity index (χ0v) is 18.7. The van der Waals surface area contributed by atoms with Crippen LogP contribution in [0.15, 0.2) is 78.9 Å². The Morgan fingerprint density at radius 2 is 1.69 bits per heavy atom. The first-order valence-electron chi connectivity index (χ1n) is 9.94. The highest BCUT2D eigenvalue weighted by molar-refractivity contribution is 7.73. The van der Waals surface area contributed by atoms with E-state index in [1.165, 1.54) is 16.0 Å². The topological polar surface area (TPSA) is 74.5 Å². The highest BCUT2D eigenvalue weighted by Gasteiger charge is 2.23. The van der Waals surface area contributed by atoms with Crippen LogP contribution >= 0.6 is 23.6 Å². The van der Waals surface area contributed by atoms with Crippen LogP contribution in [0.4, 0.5) is 11.5 Å². The van der Waals surface area contributed by atoms with Crippen LogP contribution in [-0.2, 0) is 0 Å². The molecule has 0 aliphatic rings. The number of rotatable bonds is 4. The summed E-state index contributed by atoms with van der Waals surface area (Å²) in [5.74, 6) is 1.21. The monoisotopic (exact) mass is 456 g/mol. The molecule has 2 aromatic heterocycles. The Labute approximate surface area is 193 Å². The van der Waals surface area contributed by atoms with E-state index in [4.69, 9.17) is 22.2 Å². The number of aromatic amines is 1. The molecule has 2 N–H and O–H groups in total. The SMILES string of the molecule is Cc1sc(=S)[nH][n+]1C(=O)c1ccc(Nc2nc(-c3ccccc3)nc3ccccc23)cc1. The van der Waals surface area contributed by atoms with Crippen molar-refractivity contribution in [3.63, 3.8) is 0 Å². The summed E-state index contributed by atoms with van der Waals surface area (Å²) in [6.07, 6.45) is 0. The molecule has 6 nitrogen and oxygen atoms in total. The van der Waals surface area contributed by atoms with Gasteiger partial charge in [0.25, 0.3) is 5.01 Å². The first kappa shape index (κ1) is 20.2. The van der Waals surface area contributed by atoms with Crippen LogP contribution in [0.5, 0.6) is 0 Å². The fourth-order valence-electron chi connectivity index (χ4n) is 3.42. The Hall–Kier alpha value is -3.75. The molecule has 0 spiro atoms. The zero-order valence-electron chi connectivity index (χ0n) is 17.1. The van der Waals surface area contributed by atoms with Crippen LogP contribution < -0.4 is 10.00 Å². The van der Waals surface area contributed by atoms with E-state index in [2.05, 4.69) is 10.4 Å². The second-order valence-electron chi connectivity index (χ2n) is 7.14. The van der Waals surface area contributed by atoms with Crippen LogP contribution in [0.25, 0.3) is 22.3 Å². The maximum Gasteiger partial charge on any atom is 0.448 e. The van der Waals surface area contributed by atoms with E-state index in [9.17, 15) is 4.79 Å². The van der Waals surface area contributed by atoms with Crippen LogP contribution in [0.1, 0.15) is 15.4 Å². The largest absolute Gasteiger partial charge is 0.448 e. The van der Waals surface area contributed by atoms with Gasteiger partial charge in [-0.1, -0.05) is 42.5 Å². The predicted molar refractivity (Wildman–Crippen MR) is 129 cm³/mol. The van der Waals surface area contributed by atoms with Crippen molar-refractivity contribution in [3.8, 4) is 11.4 Å². The normalized spacial score (nSPS) is 10.9. The van der Waals surface area contributed by atoms with Crippen LogP contribution in [0, 0.1) is 10.9 Å². The summed E-state index contributed by atoms with van der Waals surface area (Å²) in [6, 6.07) is 25.1. The molecule has 0 fully saturated rings. The summed E-state index contributed by atoms with van der Waals surface area (Å²) in [5.41, 5.74) is 3.19. The maximum atomic E-state index is 12.8. The Bertz CT molecular complexity index is 1490.